The predicted octanol–water partition coefficient (Wildman–Crippen LogP) is 8.31. The number of imide groups is 1. The lowest BCUT2D eigenvalue weighted by molar-refractivity contribution is -0.122. The molecule has 2 amide bonds. The van der Waals surface area contributed by atoms with Crippen LogP contribution in [0.25, 0.3) is 21.8 Å². The summed E-state index contributed by atoms with van der Waals surface area (Å²) in [5.41, 5.74) is 7.33. The minimum absolute atomic E-state index is 0.00613. The highest BCUT2D eigenvalue weighted by Crippen LogP contribution is 2.34. The number of aromatic nitrogens is 2. The van der Waals surface area contributed by atoms with Crippen LogP contribution in [0, 0.1) is 5.92 Å². The van der Waals surface area contributed by atoms with E-state index in [-0.39, 0.29) is 29.6 Å². The van der Waals surface area contributed by atoms with Crippen molar-refractivity contribution in [2.24, 2.45) is 5.92 Å². The molecule has 6 rings (SSSR count). The molecule has 1 saturated carbocycles. The van der Waals surface area contributed by atoms with Crippen LogP contribution in [0.1, 0.15) is 111 Å². The van der Waals surface area contributed by atoms with Crippen molar-refractivity contribution in [2.45, 2.75) is 97.4 Å². The van der Waals surface area contributed by atoms with Crippen LogP contribution in [0.15, 0.2) is 66.1 Å². The molecule has 2 aromatic carbocycles. The van der Waals surface area contributed by atoms with Crippen LogP contribution in [0.2, 0.25) is 0 Å². The fourth-order valence-corrected chi connectivity index (χ4v) is 6.84. The molecular formula is C40H48N4O4. The van der Waals surface area contributed by atoms with Gasteiger partial charge < -0.3 is 15.0 Å². The van der Waals surface area contributed by atoms with Gasteiger partial charge >= 0.3 is 0 Å². The van der Waals surface area contributed by atoms with E-state index in [4.69, 9.17) is 4.74 Å². The Morgan fingerprint density at radius 1 is 1.00 bits per heavy atom. The molecule has 8 heteroatoms. The first-order valence-corrected chi connectivity index (χ1v) is 17.8. The van der Waals surface area contributed by atoms with E-state index in [1.54, 1.807) is 23.8 Å². The predicted molar refractivity (Wildman–Crippen MR) is 190 cm³/mol. The van der Waals surface area contributed by atoms with Gasteiger partial charge in [0.05, 0.1) is 17.7 Å². The number of allylic oxidation sites excluding steroid dienone is 2. The van der Waals surface area contributed by atoms with Crippen LogP contribution in [-0.2, 0) is 11.2 Å². The molecule has 2 aliphatic rings. The van der Waals surface area contributed by atoms with Gasteiger partial charge in [0, 0.05) is 64.8 Å². The quantitative estimate of drug-likeness (QED) is 0.0882. The Labute approximate surface area is 283 Å². The van der Waals surface area contributed by atoms with E-state index in [2.05, 4.69) is 33.5 Å². The van der Waals surface area contributed by atoms with Gasteiger partial charge in [-0.25, -0.2) is 0 Å². The van der Waals surface area contributed by atoms with Crippen molar-refractivity contribution in [3.8, 4) is 5.75 Å². The van der Waals surface area contributed by atoms with E-state index >= 15 is 0 Å². The number of rotatable bonds is 17. The molecule has 0 radical (unpaired) electrons. The normalized spacial score (nSPS) is 15.5. The van der Waals surface area contributed by atoms with Gasteiger partial charge in [-0.3, -0.25) is 24.3 Å². The number of aromatic amines is 1. The fraction of sp³-hybridized carbons (Fsp3) is 0.450. The van der Waals surface area contributed by atoms with Crippen molar-refractivity contribution in [3.05, 3.63) is 82.8 Å². The van der Waals surface area contributed by atoms with E-state index in [0.717, 1.165) is 56.1 Å². The second-order valence-corrected chi connectivity index (χ2v) is 13.5. The zero-order chi connectivity index (χ0) is 33.6. The highest BCUT2D eigenvalue weighted by molar-refractivity contribution is 6.22. The summed E-state index contributed by atoms with van der Waals surface area (Å²) in [6, 6.07) is 13.6. The lowest BCUT2D eigenvalue weighted by atomic mass is 9.88. The third-order valence-corrected chi connectivity index (χ3v) is 10.2. The highest BCUT2D eigenvalue weighted by atomic mass is 16.5. The number of carbonyl (C=O) groups is 3. The van der Waals surface area contributed by atoms with Gasteiger partial charge in [-0.2, -0.15) is 0 Å². The molecule has 252 valence electrons. The first-order valence-electron chi connectivity index (χ1n) is 17.8. The summed E-state index contributed by atoms with van der Waals surface area (Å²) >= 11 is 0. The van der Waals surface area contributed by atoms with E-state index in [9.17, 15) is 14.4 Å². The van der Waals surface area contributed by atoms with Gasteiger partial charge in [0.15, 0.2) is 0 Å². The third kappa shape index (κ3) is 7.18. The molecule has 2 aromatic heterocycles. The van der Waals surface area contributed by atoms with Crippen molar-refractivity contribution < 1.29 is 19.1 Å². The molecule has 0 saturated heterocycles. The number of nitrogens with zero attached hydrogens (tertiary/aromatic N) is 2. The smallest absolute Gasteiger partial charge is 0.265 e. The molecule has 1 aliphatic heterocycles. The molecule has 4 aromatic rings. The number of unbranched alkanes of at least 4 members (excludes halogenated alkanes) is 2. The summed E-state index contributed by atoms with van der Waals surface area (Å²) in [7, 11) is 0. The van der Waals surface area contributed by atoms with Crippen molar-refractivity contribution in [3.63, 3.8) is 0 Å². The SMILES string of the molecule is CCC(C)C(=O)CCC(C)N1C(=O)c2cccc(OCCCCCNC(CCc3ccc4c(c3)[nH]c3ccncc34)=C3CCC3)c2C1=O. The topological polar surface area (TPSA) is 104 Å². The summed E-state index contributed by atoms with van der Waals surface area (Å²) in [5.74, 6) is 0.00615. The van der Waals surface area contributed by atoms with Crippen LogP contribution >= 0.6 is 0 Å². The van der Waals surface area contributed by atoms with Crippen LogP contribution < -0.4 is 10.1 Å². The first-order chi connectivity index (χ1) is 23.4. The Kier molecular flexibility index (Phi) is 10.6. The maximum absolute atomic E-state index is 13.4. The van der Waals surface area contributed by atoms with E-state index in [1.165, 1.54) is 46.2 Å². The fourth-order valence-electron chi connectivity index (χ4n) is 6.84. The van der Waals surface area contributed by atoms with Crippen molar-refractivity contribution >= 4 is 39.4 Å². The van der Waals surface area contributed by atoms with Gasteiger partial charge in [-0.1, -0.05) is 37.6 Å². The summed E-state index contributed by atoms with van der Waals surface area (Å²) in [5, 5.41) is 6.14. The molecule has 2 unspecified atom stereocenters. The van der Waals surface area contributed by atoms with Crippen molar-refractivity contribution in [2.75, 3.05) is 13.2 Å². The Morgan fingerprint density at radius 2 is 1.85 bits per heavy atom. The zero-order valence-corrected chi connectivity index (χ0v) is 28.6. The van der Waals surface area contributed by atoms with Crippen LogP contribution in [0.5, 0.6) is 5.75 Å². The van der Waals surface area contributed by atoms with Gasteiger partial charge in [0.2, 0.25) is 0 Å². The number of ketones is 1. The summed E-state index contributed by atoms with van der Waals surface area (Å²) in [4.78, 5) is 48.0. The Bertz CT molecular complexity index is 1830. The number of H-pyrrole nitrogens is 1. The molecule has 8 nitrogen and oxygen atoms in total. The number of fused-ring (bicyclic) bond motifs is 4. The lowest BCUT2D eigenvalue weighted by Crippen LogP contribution is -2.38. The summed E-state index contributed by atoms with van der Waals surface area (Å²) < 4.78 is 6.08. The molecule has 48 heavy (non-hydrogen) atoms. The highest BCUT2D eigenvalue weighted by Gasteiger charge is 2.40. The summed E-state index contributed by atoms with van der Waals surface area (Å²) in [6.45, 7) is 7.16. The number of pyridine rings is 1. The number of hydrogen-bond donors (Lipinski definition) is 2. The minimum Gasteiger partial charge on any atom is -0.493 e. The van der Waals surface area contributed by atoms with Gasteiger partial charge in [-0.05, 0) is 101 Å². The van der Waals surface area contributed by atoms with E-state index in [1.807, 2.05) is 39.2 Å². The molecule has 3 heterocycles. The monoisotopic (exact) mass is 648 g/mol. The molecule has 0 bridgehead atoms. The zero-order valence-electron chi connectivity index (χ0n) is 28.6. The Hall–Kier alpha value is -4.46. The number of nitrogens with one attached hydrogen (secondary N) is 2. The second kappa shape index (κ2) is 15.2. The number of amides is 2. The average molecular weight is 649 g/mol. The minimum atomic E-state index is -0.355. The molecular weight excluding hydrogens is 600 g/mol. The van der Waals surface area contributed by atoms with Gasteiger partial charge in [0.25, 0.3) is 11.8 Å². The van der Waals surface area contributed by atoms with Crippen LogP contribution in [0.4, 0.5) is 0 Å². The van der Waals surface area contributed by atoms with Crippen LogP contribution in [-0.4, -0.2) is 51.7 Å². The van der Waals surface area contributed by atoms with Crippen LogP contribution in [0.3, 0.4) is 0 Å². The molecule has 2 atom stereocenters. The van der Waals surface area contributed by atoms with Crippen molar-refractivity contribution in [1.82, 2.24) is 20.2 Å². The Morgan fingerprint density at radius 3 is 2.65 bits per heavy atom. The molecule has 1 fully saturated rings. The van der Waals surface area contributed by atoms with E-state index in [0.29, 0.717) is 36.3 Å². The Balaban J connectivity index is 0.951. The maximum Gasteiger partial charge on any atom is 0.265 e. The van der Waals surface area contributed by atoms with Gasteiger partial charge in [-0.15, -0.1) is 0 Å². The first kappa shape index (κ1) is 33.4. The molecule has 1 aliphatic carbocycles. The van der Waals surface area contributed by atoms with Gasteiger partial charge in [0.1, 0.15) is 11.5 Å². The third-order valence-electron chi connectivity index (χ3n) is 10.2. The number of Topliss-reactive ketones (excluding diaryl/α,β-unsaturated/α-hetero) is 1. The standard InChI is InChI=1S/C40H48N4O4/c1-4-26(2)36(45)19-14-27(3)44-39(46)31-12-9-13-37(38(31)40(44)47)48-23-7-5-6-21-42-33(29-10-8-11-29)18-16-28-15-17-30-32-25-41-22-20-34(32)43-35(30)24-28/h9,12-13,15,17,20,22,24-27,42-43H,4-8,10-11,14,16,18-19,21,23H2,1-3H3. The number of ether oxygens (including phenoxy) is 1. The molecule has 0 spiro atoms. The number of aryl methyl sites for hydroxylation is 1. The lowest BCUT2D eigenvalue weighted by Gasteiger charge is -2.23. The van der Waals surface area contributed by atoms with E-state index < -0.39 is 0 Å². The number of benzene rings is 2. The van der Waals surface area contributed by atoms with Crippen molar-refractivity contribution in [1.29, 1.82) is 0 Å². The summed E-state index contributed by atoms with van der Waals surface area (Å²) in [6.07, 6.45) is 13.9. The molecule has 2 N–H and O–H groups in total. The number of hydrogen-bond acceptors (Lipinski definition) is 6. The number of carbonyl (C=O) groups excluding carboxylic acids is 3. The second-order valence-electron chi connectivity index (χ2n) is 13.5. The largest absolute Gasteiger partial charge is 0.493 e. The maximum atomic E-state index is 13.4. The average Bonchev–Trinajstić information content (AvgIpc) is 3.57.